The largest absolute Gasteiger partial charge is 0.329 e. The highest BCUT2D eigenvalue weighted by molar-refractivity contribution is 5.95. The molecule has 0 aromatic carbocycles. The van der Waals surface area contributed by atoms with E-state index in [1.165, 1.54) is 6.08 Å². The molecule has 2 N–H and O–H groups in total. The molecule has 0 bridgehead atoms. The van der Waals surface area contributed by atoms with E-state index in [4.69, 9.17) is 5.73 Å². The lowest BCUT2D eigenvalue weighted by molar-refractivity contribution is -0.127. The van der Waals surface area contributed by atoms with Crippen molar-refractivity contribution in [2.45, 2.75) is 19.3 Å². The van der Waals surface area contributed by atoms with Crippen LogP contribution in [-0.2, 0) is 4.79 Å². The van der Waals surface area contributed by atoms with Crippen LogP contribution in [0.15, 0.2) is 12.7 Å². The van der Waals surface area contributed by atoms with Gasteiger partial charge in [0.25, 0.3) is 0 Å². The second kappa shape index (κ2) is 2.54. The molecule has 1 aliphatic rings. The number of hydrogen-bond donors (Lipinski definition) is 1. The quantitative estimate of drug-likeness (QED) is 0.589. The van der Waals surface area contributed by atoms with E-state index in [0.29, 0.717) is 6.54 Å². The van der Waals surface area contributed by atoms with Crippen LogP contribution in [-0.4, -0.2) is 12.3 Å². The van der Waals surface area contributed by atoms with Crippen LogP contribution in [0.1, 0.15) is 19.3 Å². The molecule has 0 aliphatic heterocycles. The zero-order valence-electron chi connectivity index (χ0n) is 6.10. The molecule has 1 saturated carbocycles. The second-order valence-corrected chi connectivity index (χ2v) is 2.91. The summed E-state index contributed by atoms with van der Waals surface area (Å²) < 4.78 is 0. The predicted molar refractivity (Wildman–Crippen MR) is 40.5 cm³/mol. The molecule has 0 aromatic heterocycles. The van der Waals surface area contributed by atoms with E-state index in [-0.39, 0.29) is 11.2 Å². The van der Waals surface area contributed by atoms with Crippen molar-refractivity contribution in [2.75, 3.05) is 6.54 Å². The van der Waals surface area contributed by atoms with Crippen LogP contribution in [0.25, 0.3) is 0 Å². The van der Waals surface area contributed by atoms with Gasteiger partial charge in [0, 0.05) is 12.0 Å². The molecule has 1 fully saturated rings. The van der Waals surface area contributed by atoms with Crippen LogP contribution < -0.4 is 5.73 Å². The fourth-order valence-electron chi connectivity index (χ4n) is 1.37. The van der Waals surface area contributed by atoms with Crippen molar-refractivity contribution >= 4 is 5.78 Å². The first-order chi connectivity index (χ1) is 4.75. The average Bonchev–Trinajstić information content (AvgIpc) is 1.86. The minimum absolute atomic E-state index is 0.126. The Morgan fingerprint density at radius 2 is 2.30 bits per heavy atom. The number of allylic oxidation sites excluding steroid dienone is 1. The Morgan fingerprint density at radius 1 is 1.70 bits per heavy atom. The van der Waals surface area contributed by atoms with Gasteiger partial charge in [0.1, 0.15) is 0 Å². The van der Waals surface area contributed by atoms with Gasteiger partial charge in [-0.3, -0.25) is 4.79 Å². The molecule has 2 heteroatoms. The molecule has 1 aliphatic carbocycles. The molecule has 56 valence electrons. The smallest absolute Gasteiger partial charge is 0.162 e. The third-order valence-corrected chi connectivity index (χ3v) is 2.41. The van der Waals surface area contributed by atoms with Crippen LogP contribution in [0, 0.1) is 5.41 Å². The molecule has 1 rings (SSSR count). The number of hydrogen-bond acceptors (Lipinski definition) is 2. The SMILES string of the molecule is C=CC(=O)C1(CN)CCC1. The van der Waals surface area contributed by atoms with E-state index in [1.807, 2.05) is 0 Å². The highest BCUT2D eigenvalue weighted by atomic mass is 16.1. The van der Waals surface area contributed by atoms with Crippen molar-refractivity contribution in [3.05, 3.63) is 12.7 Å². The summed E-state index contributed by atoms with van der Waals surface area (Å²) in [4.78, 5) is 11.1. The monoisotopic (exact) mass is 139 g/mol. The summed E-state index contributed by atoms with van der Waals surface area (Å²) in [6, 6.07) is 0. The van der Waals surface area contributed by atoms with Crippen molar-refractivity contribution in [3.63, 3.8) is 0 Å². The Balaban J connectivity index is 2.64. The van der Waals surface area contributed by atoms with Crippen LogP contribution in [0.2, 0.25) is 0 Å². The van der Waals surface area contributed by atoms with Crippen LogP contribution in [0.4, 0.5) is 0 Å². The maximum Gasteiger partial charge on any atom is 0.162 e. The van der Waals surface area contributed by atoms with Gasteiger partial charge in [0.15, 0.2) is 5.78 Å². The number of carbonyl (C=O) groups excluding carboxylic acids is 1. The first-order valence-electron chi connectivity index (χ1n) is 3.62. The van der Waals surface area contributed by atoms with Crippen molar-refractivity contribution in [1.82, 2.24) is 0 Å². The molecule has 0 spiro atoms. The number of nitrogens with two attached hydrogens (primary N) is 1. The number of ketones is 1. The lowest BCUT2D eigenvalue weighted by atomic mass is 9.66. The predicted octanol–water partition coefficient (Wildman–Crippen LogP) is 0.870. The summed E-state index contributed by atoms with van der Waals surface area (Å²) in [5.74, 6) is 0.126. The number of carbonyl (C=O) groups is 1. The van der Waals surface area contributed by atoms with E-state index in [2.05, 4.69) is 6.58 Å². The van der Waals surface area contributed by atoms with Crippen LogP contribution >= 0.6 is 0 Å². The van der Waals surface area contributed by atoms with Gasteiger partial charge in [-0.1, -0.05) is 13.0 Å². The zero-order chi connectivity index (χ0) is 7.61. The summed E-state index contributed by atoms with van der Waals surface area (Å²) in [6.07, 6.45) is 4.44. The average molecular weight is 139 g/mol. The normalized spacial score (nSPS) is 21.3. The van der Waals surface area contributed by atoms with E-state index < -0.39 is 0 Å². The summed E-state index contributed by atoms with van der Waals surface area (Å²) in [6.45, 7) is 3.94. The van der Waals surface area contributed by atoms with Gasteiger partial charge in [-0.15, -0.1) is 0 Å². The first kappa shape index (κ1) is 7.48. The Bertz CT molecular complexity index is 153. The van der Waals surface area contributed by atoms with Gasteiger partial charge in [0.05, 0.1) is 0 Å². The fourth-order valence-corrected chi connectivity index (χ4v) is 1.37. The summed E-state index contributed by atoms with van der Waals surface area (Å²) >= 11 is 0. The van der Waals surface area contributed by atoms with Crippen molar-refractivity contribution in [1.29, 1.82) is 0 Å². The molecule has 0 radical (unpaired) electrons. The van der Waals surface area contributed by atoms with Gasteiger partial charge >= 0.3 is 0 Å². The molecular formula is C8H13NO. The van der Waals surface area contributed by atoms with Crippen molar-refractivity contribution < 1.29 is 4.79 Å². The molecule has 0 heterocycles. The van der Waals surface area contributed by atoms with E-state index >= 15 is 0 Å². The fraction of sp³-hybridized carbons (Fsp3) is 0.625. The third kappa shape index (κ3) is 0.886. The minimum Gasteiger partial charge on any atom is -0.329 e. The molecule has 0 atom stereocenters. The van der Waals surface area contributed by atoms with Gasteiger partial charge in [-0.05, 0) is 18.9 Å². The van der Waals surface area contributed by atoms with Gasteiger partial charge in [-0.2, -0.15) is 0 Å². The maximum absolute atomic E-state index is 11.1. The zero-order valence-corrected chi connectivity index (χ0v) is 6.10. The lowest BCUT2D eigenvalue weighted by Gasteiger charge is -2.38. The number of rotatable bonds is 3. The molecular weight excluding hydrogens is 126 g/mol. The first-order valence-corrected chi connectivity index (χ1v) is 3.62. The van der Waals surface area contributed by atoms with Crippen molar-refractivity contribution in [3.8, 4) is 0 Å². The van der Waals surface area contributed by atoms with Gasteiger partial charge in [-0.25, -0.2) is 0 Å². The molecule has 0 aromatic rings. The Hall–Kier alpha value is -0.630. The maximum atomic E-state index is 11.1. The summed E-state index contributed by atoms with van der Waals surface area (Å²) in [7, 11) is 0. The molecule has 0 saturated heterocycles. The molecule has 10 heavy (non-hydrogen) atoms. The molecule has 0 amide bonds. The Labute approximate surface area is 61.1 Å². The van der Waals surface area contributed by atoms with E-state index in [9.17, 15) is 4.79 Å². The van der Waals surface area contributed by atoms with Crippen LogP contribution in [0.3, 0.4) is 0 Å². The molecule has 2 nitrogen and oxygen atoms in total. The van der Waals surface area contributed by atoms with E-state index in [1.54, 1.807) is 0 Å². The summed E-state index contributed by atoms with van der Waals surface area (Å²) in [5, 5.41) is 0. The van der Waals surface area contributed by atoms with E-state index in [0.717, 1.165) is 19.3 Å². The topological polar surface area (TPSA) is 43.1 Å². The van der Waals surface area contributed by atoms with Crippen molar-refractivity contribution in [2.24, 2.45) is 11.1 Å². The molecule has 0 unspecified atom stereocenters. The Morgan fingerprint density at radius 3 is 2.40 bits per heavy atom. The van der Waals surface area contributed by atoms with Crippen LogP contribution in [0.5, 0.6) is 0 Å². The minimum atomic E-state index is -0.207. The standard InChI is InChI=1S/C8H13NO/c1-2-7(10)8(6-9)4-3-5-8/h2H,1,3-6,9H2. The highest BCUT2D eigenvalue weighted by Gasteiger charge is 2.40. The summed E-state index contributed by atoms with van der Waals surface area (Å²) in [5.41, 5.74) is 5.27. The highest BCUT2D eigenvalue weighted by Crippen LogP contribution is 2.40. The van der Waals surface area contributed by atoms with Gasteiger partial charge in [0.2, 0.25) is 0 Å². The Kier molecular flexibility index (Phi) is 1.90. The van der Waals surface area contributed by atoms with Gasteiger partial charge < -0.3 is 5.73 Å². The lowest BCUT2D eigenvalue weighted by Crippen LogP contribution is -2.43. The second-order valence-electron chi connectivity index (χ2n) is 2.91. The third-order valence-electron chi connectivity index (χ3n) is 2.41.